The fourth-order valence-electron chi connectivity index (χ4n) is 3.43. The predicted molar refractivity (Wildman–Crippen MR) is 141 cm³/mol. The minimum Gasteiger partial charge on any atom is -0.398 e. The first-order chi connectivity index (χ1) is 15.5. The van der Waals surface area contributed by atoms with Crippen molar-refractivity contribution in [3.05, 3.63) is 102 Å². The number of para-hydroxylation sites is 1. The van der Waals surface area contributed by atoms with E-state index in [-0.39, 0.29) is 0 Å². The van der Waals surface area contributed by atoms with E-state index in [9.17, 15) is 0 Å². The van der Waals surface area contributed by atoms with Crippen LogP contribution in [-0.2, 0) is 0 Å². The zero-order valence-electron chi connectivity index (χ0n) is 20.2. The first-order valence-electron chi connectivity index (χ1n) is 11.3. The highest BCUT2D eigenvalue weighted by Crippen LogP contribution is 2.34. The molecule has 0 radical (unpaired) electrons. The largest absolute Gasteiger partial charge is 0.398 e. The molecule has 1 aromatic heterocycles. The van der Waals surface area contributed by atoms with Crippen molar-refractivity contribution in [3.63, 3.8) is 0 Å². The van der Waals surface area contributed by atoms with Crippen molar-refractivity contribution in [3.8, 4) is 22.5 Å². The van der Waals surface area contributed by atoms with Crippen LogP contribution in [0.1, 0.15) is 50.2 Å². The van der Waals surface area contributed by atoms with E-state index in [1.54, 1.807) is 0 Å². The van der Waals surface area contributed by atoms with E-state index in [4.69, 9.17) is 10.7 Å². The number of hydrogen-bond donors (Lipinski definition) is 2. The Balaban J connectivity index is 0.000000860. The molecular weight excluding hydrogens is 390 g/mol. The number of aromatic amines is 1. The Morgan fingerprint density at radius 2 is 1.34 bits per heavy atom. The van der Waals surface area contributed by atoms with Crippen LogP contribution in [0.25, 0.3) is 28.1 Å². The summed E-state index contributed by atoms with van der Waals surface area (Å²) in [5.74, 6) is 0.728. The van der Waals surface area contributed by atoms with Gasteiger partial charge in [0.05, 0.1) is 11.4 Å². The molecule has 0 unspecified atom stereocenters. The summed E-state index contributed by atoms with van der Waals surface area (Å²) >= 11 is 0. The third-order valence-electron chi connectivity index (χ3n) is 4.87. The van der Waals surface area contributed by atoms with Crippen molar-refractivity contribution < 1.29 is 0 Å². The molecule has 4 aromatic rings. The van der Waals surface area contributed by atoms with Crippen LogP contribution in [0.2, 0.25) is 0 Å². The van der Waals surface area contributed by atoms with E-state index in [1.165, 1.54) is 11.1 Å². The van der Waals surface area contributed by atoms with E-state index in [1.807, 2.05) is 52.0 Å². The molecule has 0 aliphatic carbocycles. The van der Waals surface area contributed by atoms with Gasteiger partial charge in [0.15, 0.2) is 0 Å². The van der Waals surface area contributed by atoms with Crippen LogP contribution in [0.3, 0.4) is 0 Å². The number of anilines is 1. The molecule has 3 aromatic carbocycles. The molecule has 1 heterocycles. The molecule has 0 spiro atoms. The molecule has 0 aliphatic rings. The van der Waals surface area contributed by atoms with Gasteiger partial charge in [0.1, 0.15) is 5.82 Å². The number of nitrogen functional groups attached to an aromatic ring is 1. The van der Waals surface area contributed by atoms with E-state index in [0.29, 0.717) is 5.69 Å². The van der Waals surface area contributed by atoms with Crippen LogP contribution in [0.5, 0.6) is 0 Å². The number of aromatic nitrogens is 2. The monoisotopic (exact) mass is 425 g/mol. The molecule has 3 heteroatoms. The van der Waals surface area contributed by atoms with Crippen molar-refractivity contribution in [2.24, 2.45) is 0 Å². The summed E-state index contributed by atoms with van der Waals surface area (Å²) < 4.78 is 0. The van der Waals surface area contributed by atoms with E-state index in [2.05, 4.69) is 73.9 Å². The quantitative estimate of drug-likeness (QED) is 0.325. The smallest absolute Gasteiger partial charge is 0.138 e. The molecular formula is C29H35N3. The highest BCUT2D eigenvalue weighted by Gasteiger charge is 2.17. The number of hydrogen-bond acceptors (Lipinski definition) is 2. The summed E-state index contributed by atoms with van der Waals surface area (Å²) in [6, 6.07) is 24.5. The zero-order valence-corrected chi connectivity index (χ0v) is 20.2. The minimum absolute atomic E-state index is 0.693. The summed E-state index contributed by atoms with van der Waals surface area (Å²) in [5.41, 5.74) is 15.0. The highest BCUT2D eigenvalue weighted by atomic mass is 14.9. The van der Waals surface area contributed by atoms with Gasteiger partial charge in [-0.05, 0) is 32.0 Å². The van der Waals surface area contributed by atoms with Crippen LogP contribution in [0.15, 0.2) is 79.4 Å². The van der Waals surface area contributed by atoms with Gasteiger partial charge in [0.25, 0.3) is 0 Å². The molecule has 0 aliphatic heterocycles. The lowest BCUT2D eigenvalue weighted by atomic mass is 10.0. The van der Waals surface area contributed by atoms with Gasteiger partial charge in [0.2, 0.25) is 0 Å². The maximum atomic E-state index is 6.16. The van der Waals surface area contributed by atoms with Gasteiger partial charge in [-0.3, -0.25) is 0 Å². The predicted octanol–water partition coefficient (Wildman–Crippen LogP) is 8.06. The molecule has 32 heavy (non-hydrogen) atoms. The first kappa shape index (κ1) is 24.7. The Hall–Kier alpha value is -3.59. The minimum atomic E-state index is 0.693. The average molecular weight is 426 g/mol. The lowest BCUT2D eigenvalue weighted by Gasteiger charge is -2.06. The van der Waals surface area contributed by atoms with Crippen LogP contribution in [0, 0.1) is 13.8 Å². The number of H-pyrrole nitrogens is 1. The second-order valence-electron chi connectivity index (χ2n) is 7.11. The van der Waals surface area contributed by atoms with Crippen LogP contribution in [-0.4, -0.2) is 9.97 Å². The zero-order chi connectivity index (χ0) is 23.7. The highest BCUT2D eigenvalue weighted by molar-refractivity contribution is 5.86. The number of nitrogens with one attached hydrogen (secondary N) is 1. The maximum absolute atomic E-state index is 6.16. The molecule has 0 atom stereocenters. The lowest BCUT2D eigenvalue weighted by molar-refractivity contribution is 1.24. The molecule has 0 saturated heterocycles. The number of benzene rings is 3. The van der Waals surface area contributed by atoms with E-state index >= 15 is 0 Å². The van der Waals surface area contributed by atoms with E-state index < -0.39 is 0 Å². The summed E-state index contributed by atoms with van der Waals surface area (Å²) in [5, 5.41) is 0. The van der Waals surface area contributed by atoms with Gasteiger partial charge in [-0.1, -0.05) is 100.0 Å². The van der Waals surface area contributed by atoms with E-state index in [0.717, 1.165) is 39.5 Å². The fraction of sp³-hybridized carbons (Fsp3) is 0.207. The number of nitrogens with zero attached hydrogens (tertiary/aromatic N) is 1. The average Bonchev–Trinajstić information content (AvgIpc) is 3.27. The summed E-state index contributed by atoms with van der Waals surface area (Å²) in [4.78, 5) is 8.44. The summed E-state index contributed by atoms with van der Waals surface area (Å²) in [7, 11) is 0. The Morgan fingerprint density at radius 1 is 0.781 bits per heavy atom. The SMILES string of the molecule is C=C(c1nc(-c2cccc(C)c2)c(-c2cccc(C)c2)[nH]1)c1ccccc1N.CC.CC. The van der Waals surface area contributed by atoms with Gasteiger partial charge in [-0.15, -0.1) is 0 Å². The first-order valence-corrected chi connectivity index (χ1v) is 11.3. The Labute approximate surface area is 193 Å². The number of nitrogens with two attached hydrogens (primary N) is 1. The lowest BCUT2D eigenvalue weighted by Crippen LogP contribution is -1.95. The molecule has 4 rings (SSSR count). The summed E-state index contributed by atoms with van der Waals surface area (Å²) in [6.45, 7) is 16.4. The van der Waals surface area contributed by atoms with Crippen molar-refractivity contribution >= 4 is 11.3 Å². The van der Waals surface area contributed by atoms with Gasteiger partial charge >= 0.3 is 0 Å². The Morgan fingerprint density at radius 3 is 1.94 bits per heavy atom. The number of aryl methyl sites for hydroxylation is 2. The van der Waals surface area contributed by atoms with Gasteiger partial charge in [-0.2, -0.15) is 0 Å². The van der Waals surface area contributed by atoms with Crippen LogP contribution >= 0.6 is 0 Å². The van der Waals surface area contributed by atoms with Crippen LogP contribution in [0.4, 0.5) is 5.69 Å². The molecule has 0 bridgehead atoms. The van der Waals surface area contributed by atoms with Crippen molar-refractivity contribution in [1.29, 1.82) is 0 Å². The Kier molecular flexibility index (Phi) is 9.03. The third kappa shape index (κ3) is 5.55. The van der Waals surface area contributed by atoms with Crippen molar-refractivity contribution in [1.82, 2.24) is 9.97 Å². The molecule has 3 N–H and O–H groups in total. The van der Waals surface area contributed by atoms with Crippen molar-refractivity contribution in [2.75, 3.05) is 5.73 Å². The Bertz CT molecular complexity index is 1110. The maximum Gasteiger partial charge on any atom is 0.138 e. The van der Waals surface area contributed by atoms with Gasteiger partial charge < -0.3 is 10.7 Å². The van der Waals surface area contributed by atoms with Crippen LogP contribution < -0.4 is 5.73 Å². The fourth-order valence-corrected chi connectivity index (χ4v) is 3.43. The third-order valence-corrected chi connectivity index (χ3v) is 4.87. The van der Waals surface area contributed by atoms with Crippen molar-refractivity contribution in [2.45, 2.75) is 41.5 Å². The number of imidazole rings is 1. The molecule has 166 valence electrons. The molecule has 0 saturated carbocycles. The standard InChI is InChI=1S/C25H23N3.2C2H6/c1-16-8-6-10-19(14-16)23-24(20-11-7-9-17(2)15-20)28-25(27-23)18(3)21-12-4-5-13-22(21)26;2*1-2/h4-15H,3,26H2,1-2H3,(H,27,28);2*1-2H3. The second-order valence-corrected chi connectivity index (χ2v) is 7.11. The summed E-state index contributed by atoms with van der Waals surface area (Å²) in [6.07, 6.45) is 0. The molecule has 3 nitrogen and oxygen atoms in total. The van der Waals surface area contributed by atoms with Gasteiger partial charge in [-0.25, -0.2) is 4.98 Å². The molecule has 0 amide bonds. The normalized spacial score (nSPS) is 9.81. The topological polar surface area (TPSA) is 54.7 Å². The second kappa shape index (κ2) is 11.7. The van der Waals surface area contributed by atoms with Gasteiger partial charge in [0, 0.05) is 28.0 Å². The number of rotatable bonds is 4. The molecule has 0 fully saturated rings.